The van der Waals surface area contributed by atoms with Gasteiger partial charge in [-0.25, -0.2) is 15.0 Å². The first-order valence-electron chi connectivity index (χ1n) is 11.5. The topological polar surface area (TPSA) is 93.0 Å². The maximum absolute atomic E-state index is 5.55. The average molecular weight is 466 g/mol. The maximum Gasteiger partial charge on any atom is 0.228 e. The number of hydrogen-bond donors (Lipinski definition) is 2. The van der Waals surface area contributed by atoms with Crippen LogP contribution in [0.1, 0.15) is 30.0 Å². The van der Waals surface area contributed by atoms with Crippen molar-refractivity contribution in [3.63, 3.8) is 0 Å². The van der Waals surface area contributed by atoms with E-state index in [4.69, 9.17) is 14.8 Å². The molecule has 10 heteroatoms. The van der Waals surface area contributed by atoms with Crippen LogP contribution in [0.2, 0.25) is 0 Å². The molecule has 3 aliphatic rings. The molecule has 1 aliphatic carbocycles. The van der Waals surface area contributed by atoms with Gasteiger partial charge in [0.15, 0.2) is 0 Å². The summed E-state index contributed by atoms with van der Waals surface area (Å²) in [4.78, 5) is 16.4. The number of ether oxygens (including phenoxy) is 1. The quantitative estimate of drug-likeness (QED) is 0.568. The number of piperazine rings is 1. The Morgan fingerprint density at radius 3 is 2.58 bits per heavy atom. The van der Waals surface area contributed by atoms with Crippen molar-refractivity contribution >= 4 is 27.4 Å². The zero-order valence-corrected chi connectivity index (χ0v) is 19.9. The van der Waals surface area contributed by atoms with Crippen LogP contribution in [0.4, 0.5) is 17.5 Å². The summed E-state index contributed by atoms with van der Waals surface area (Å²) in [6, 6.07) is 4.47. The van der Waals surface area contributed by atoms with Crippen molar-refractivity contribution in [2.24, 2.45) is 0 Å². The van der Waals surface area contributed by atoms with Gasteiger partial charge in [-0.1, -0.05) is 0 Å². The van der Waals surface area contributed by atoms with Crippen LogP contribution >= 0.6 is 9.90 Å². The highest BCUT2D eigenvalue weighted by Crippen LogP contribution is 2.36. The lowest BCUT2D eigenvalue weighted by atomic mass is 9.95. The summed E-state index contributed by atoms with van der Waals surface area (Å²) in [7, 11) is 0. The Bertz CT molecular complexity index is 1090. The number of aryl methyl sites for hydroxylation is 2. The van der Waals surface area contributed by atoms with E-state index in [9.17, 15) is 0 Å². The van der Waals surface area contributed by atoms with Crippen LogP contribution in [0, 0.1) is 0 Å². The molecular weight excluding hydrogens is 435 g/mol. The zero-order valence-electron chi connectivity index (χ0n) is 18.7. The Kier molecular flexibility index (Phi) is 6.53. The van der Waals surface area contributed by atoms with Crippen LogP contribution in [0.15, 0.2) is 30.7 Å². The number of rotatable bonds is 4. The summed E-state index contributed by atoms with van der Waals surface area (Å²) in [6.45, 7) is 5.61. The monoisotopic (exact) mass is 465 g/mol. The number of anilines is 3. The van der Waals surface area contributed by atoms with E-state index in [0.29, 0.717) is 12.0 Å². The Balaban J connectivity index is 0.00000228. The molecule has 0 unspecified atom stereocenters. The van der Waals surface area contributed by atoms with Gasteiger partial charge in [-0.2, -0.15) is 5.10 Å². The van der Waals surface area contributed by atoms with Gasteiger partial charge < -0.3 is 30.2 Å². The summed E-state index contributed by atoms with van der Waals surface area (Å²) >= 11 is 0. The van der Waals surface area contributed by atoms with Crippen molar-refractivity contribution < 1.29 is 4.74 Å². The molecule has 0 aromatic carbocycles. The molecule has 0 bridgehead atoms. The molecule has 0 saturated carbocycles. The highest BCUT2D eigenvalue weighted by molar-refractivity contribution is 6.92. The van der Waals surface area contributed by atoms with Crippen LogP contribution in [0.25, 0.3) is 11.4 Å². The van der Waals surface area contributed by atoms with E-state index in [2.05, 4.69) is 36.2 Å². The second-order valence-electron chi connectivity index (χ2n) is 8.64. The maximum atomic E-state index is 5.55. The number of nitrogens with one attached hydrogen (secondary N) is 2. The van der Waals surface area contributed by atoms with Gasteiger partial charge in [-0.15, -0.1) is 0 Å². The molecule has 174 valence electrons. The third kappa shape index (κ3) is 4.45. The molecular formula is C23H30N8OP-. The van der Waals surface area contributed by atoms with E-state index in [1.165, 1.54) is 11.1 Å². The van der Waals surface area contributed by atoms with Crippen molar-refractivity contribution in [1.82, 2.24) is 30.0 Å². The van der Waals surface area contributed by atoms with Gasteiger partial charge in [0.2, 0.25) is 5.95 Å². The van der Waals surface area contributed by atoms with E-state index < -0.39 is 0 Å². The van der Waals surface area contributed by atoms with Gasteiger partial charge in [-0.3, -0.25) is 4.68 Å². The van der Waals surface area contributed by atoms with Crippen molar-refractivity contribution in [1.29, 1.82) is 0 Å². The van der Waals surface area contributed by atoms with E-state index in [1.807, 2.05) is 24.7 Å². The fourth-order valence-corrected chi connectivity index (χ4v) is 4.86. The fraction of sp³-hybridized carbons (Fsp3) is 0.478. The summed E-state index contributed by atoms with van der Waals surface area (Å²) in [5, 5.41) is 11.4. The minimum absolute atomic E-state index is 0. The number of aromatic nitrogens is 5. The van der Waals surface area contributed by atoms with Gasteiger partial charge >= 0.3 is 0 Å². The molecule has 0 spiro atoms. The molecule has 0 amide bonds. The molecule has 3 aromatic rings. The van der Waals surface area contributed by atoms with Crippen molar-refractivity contribution in [3.8, 4) is 11.4 Å². The van der Waals surface area contributed by atoms with Gasteiger partial charge in [-0.05, 0) is 43.4 Å². The predicted molar refractivity (Wildman–Crippen MR) is 132 cm³/mol. The van der Waals surface area contributed by atoms with E-state index in [-0.39, 0.29) is 9.90 Å². The second kappa shape index (κ2) is 9.71. The van der Waals surface area contributed by atoms with Gasteiger partial charge in [0, 0.05) is 51.2 Å². The standard InChI is InChI=1S/C23H28N8O.H2P/c1-2-17-14-27-31(18-5-11-32-12-6-18)22(17)21-16(1)13-26-23(29-21)28-20-4-3-19(15-25-20)30-9-7-24-8-10-30;/h3-4,13-15,18,24H,1-2,5-12H2,(H,25,26,28,29);1H2/q;-1. The third-order valence-corrected chi connectivity index (χ3v) is 6.63. The highest BCUT2D eigenvalue weighted by Gasteiger charge is 2.27. The molecule has 5 heterocycles. The second-order valence-corrected chi connectivity index (χ2v) is 8.64. The minimum Gasteiger partial charge on any atom is -0.577 e. The first kappa shape index (κ1) is 22.2. The molecule has 2 saturated heterocycles. The molecule has 2 N–H and O–H groups in total. The fourth-order valence-electron chi connectivity index (χ4n) is 4.86. The summed E-state index contributed by atoms with van der Waals surface area (Å²) in [6.07, 6.45) is 9.79. The van der Waals surface area contributed by atoms with Crippen LogP contribution in [0.3, 0.4) is 0 Å². The van der Waals surface area contributed by atoms with E-state index >= 15 is 0 Å². The van der Waals surface area contributed by atoms with Crippen LogP contribution in [-0.2, 0) is 17.6 Å². The number of hydrogen-bond acceptors (Lipinski definition) is 8. The van der Waals surface area contributed by atoms with E-state index in [0.717, 1.165) is 88.0 Å². The molecule has 6 rings (SSSR count). The molecule has 9 nitrogen and oxygen atoms in total. The van der Waals surface area contributed by atoms with Gasteiger partial charge in [0.1, 0.15) is 5.82 Å². The normalized spacial score (nSPS) is 18.2. The van der Waals surface area contributed by atoms with E-state index in [1.54, 1.807) is 0 Å². The lowest BCUT2D eigenvalue weighted by molar-refractivity contribution is 0.0667. The number of nitrogens with zero attached hydrogens (tertiary/aromatic N) is 6. The first-order chi connectivity index (χ1) is 15.8. The van der Waals surface area contributed by atoms with Crippen LogP contribution < -0.4 is 15.5 Å². The summed E-state index contributed by atoms with van der Waals surface area (Å²) in [5.41, 5.74) is 5.73. The average Bonchev–Trinajstić information content (AvgIpc) is 3.30. The molecule has 2 aliphatic heterocycles. The molecule has 0 atom stereocenters. The Morgan fingerprint density at radius 2 is 1.79 bits per heavy atom. The smallest absolute Gasteiger partial charge is 0.228 e. The zero-order chi connectivity index (χ0) is 21.3. The molecule has 2 fully saturated rings. The SMILES string of the molecule is [PH2-].c1cc(Nc2ncc3c(n2)-c2c(cnn2C2CCOCC2)CC3)ncc1N1CCNCC1. The van der Waals surface area contributed by atoms with Gasteiger partial charge in [0.25, 0.3) is 0 Å². The molecule has 3 aromatic heterocycles. The Morgan fingerprint density at radius 1 is 0.970 bits per heavy atom. The Hall–Kier alpha value is -2.61. The first-order valence-corrected chi connectivity index (χ1v) is 11.5. The molecule has 0 radical (unpaired) electrons. The summed E-state index contributed by atoms with van der Waals surface area (Å²) in [5.74, 6) is 1.32. The largest absolute Gasteiger partial charge is 0.577 e. The summed E-state index contributed by atoms with van der Waals surface area (Å²) < 4.78 is 7.73. The predicted octanol–water partition coefficient (Wildman–Crippen LogP) is 2.66. The van der Waals surface area contributed by atoms with Crippen molar-refractivity contribution in [3.05, 3.63) is 41.9 Å². The van der Waals surface area contributed by atoms with Crippen molar-refractivity contribution in [2.45, 2.75) is 31.7 Å². The molecule has 33 heavy (non-hydrogen) atoms. The van der Waals surface area contributed by atoms with Crippen LogP contribution in [0.5, 0.6) is 0 Å². The van der Waals surface area contributed by atoms with Crippen LogP contribution in [-0.4, -0.2) is 64.1 Å². The number of fused-ring (bicyclic) bond motifs is 3. The number of pyridine rings is 1. The highest BCUT2D eigenvalue weighted by atomic mass is 31.0. The lowest BCUT2D eigenvalue weighted by Gasteiger charge is -2.29. The third-order valence-electron chi connectivity index (χ3n) is 6.63. The van der Waals surface area contributed by atoms with Gasteiger partial charge in [0.05, 0.1) is 35.5 Å². The Labute approximate surface area is 197 Å². The van der Waals surface area contributed by atoms with Crippen molar-refractivity contribution in [2.75, 3.05) is 49.6 Å². The minimum atomic E-state index is 0. The lowest BCUT2D eigenvalue weighted by Crippen LogP contribution is -2.43.